The molecule has 0 aliphatic carbocycles. The molecule has 1 saturated heterocycles. The number of hydrogen-bond acceptors (Lipinski definition) is 4. The van der Waals surface area contributed by atoms with Crippen molar-refractivity contribution in [3.63, 3.8) is 0 Å². The number of amides is 1. The Labute approximate surface area is 133 Å². The summed E-state index contributed by atoms with van der Waals surface area (Å²) in [5, 5.41) is 17.7. The third kappa shape index (κ3) is 2.48. The second kappa shape index (κ2) is 5.49. The summed E-state index contributed by atoms with van der Waals surface area (Å²) in [5.74, 6) is -1.28. The summed E-state index contributed by atoms with van der Waals surface area (Å²) in [6.45, 7) is 3.92. The molecule has 1 aliphatic rings. The molecule has 120 valence electrons. The van der Waals surface area contributed by atoms with Gasteiger partial charge in [-0.25, -0.2) is 4.79 Å². The van der Waals surface area contributed by atoms with Crippen molar-refractivity contribution < 1.29 is 14.7 Å². The summed E-state index contributed by atoms with van der Waals surface area (Å²) < 4.78 is 0. The quantitative estimate of drug-likeness (QED) is 0.930. The molecule has 3 rings (SSSR count). The zero-order chi connectivity index (χ0) is 16.6. The molecule has 0 saturated carbocycles. The van der Waals surface area contributed by atoms with Crippen LogP contribution in [0.1, 0.15) is 35.7 Å². The zero-order valence-electron chi connectivity index (χ0n) is 13.1. The third-order valence-electron chi connectivity index (χ3n) is 4.36. The summed E-state index contributed by atoms with van der Waals surface area (Å²) in [7, 11) is 0. The molecule has 1 aromatic carbocycles. The van der Waals surface area contributed by atoms with Crippen LogP contribution >= 0.6 is 0 Å². The normalized spacial score (nSPS) is 20.7. The zero-order valence-corrected chi connectivity index (χ0v) is 13.1. The Bertz CT molecular complexity index is 757. The van der Waals surface area contributed by atoms with Crippen LogP contribution in [0.5, 0.6) is 0 Å². The van der Waals surface area contributed by atoms with Gasteiger partial charge in [0.1, 0.15) is 5.54 Å². The van der Waals surface area contributed by atoms with Crippen molar-refractivity contribution in [1.29, 1.82) is 0 Å². The van der Waals surface area contributed by atoms with Crippen LogP contribution in [0.15, 0.2) is 30.6 Å². The standard InChI is InChI=1S/C16H18N4O3/c1-11-4-5-13(20-17-7-8-18-20)12(10-11)14(21)19-9-3-6-16(19,2)15(22)23/h4-5,7-8,10H,3,6,9H2,1-2H3,(H,22,23). The lowest BCUT2D eigenvalue weighted by molar-refractivity contribution is -0.147. The van der Waals surface area contributed by atoms with E-state index in [4.69, 9.17) is 0 Å². The lowest BCUT2D eigenvalue weighted by atomic mass is 9.98. The second-order valence-electron chi connectivity index (χ2n) is 5.98. The Balaban J connectivity index is 2.06. The molecule has 0 radical (unpaired) electrons. The molecule has 1 amide bonds. The molecule has 1 N–H and O–H groups in total. The van der Waals surface area contributed by atoms with E-state index in [0.717, 1.165) is 5.56 Å². The SMILES string of the molecule is Cc1ccc(-n2nccn2)c(C(=O)N2CCCC2(C)C(=O)O)c1. The van der Waals surface area contributed by atoms with Gasteiger partial charge in [-0.1, -0.05) is 11.6 Å². The van der Waals surface area contributed by atoms with Crippen LogP contribution in [-0.4, -0.2) is 49.0 Å². The van der Waals surface area contributed by atoms with E-state index in [1.165, 1.54) is 22.1 Å². The molecular formula is C16H18N4O3. The monoisotopic (exact) mass is 314 g/mol. The van der Waals surface area contributed by atoms with Gasteiger partial charge in [-0.15, -0.1) is 0 Å². The van der Waals surface area contributed by atoms with Gasteiger partial charge in [-0.05, 0) is 38.8 Å². The number of aryl methyl sites for hydroxylation is 1. The highest BCUT2D eigenvalue weighted by molar-refractivity contribution is 6.01. The predicted octanol–water partition coefficient (Wildman–Crippen LogP) is 1.66. The van der Waals surface area contributed by atoms with E-state index in [-0.39, 0.29) is 5.91 Å². The minimum atomic E-state index is -1.17. The molecule has 0 spiro atoms. The molecule has 1 aromatic heterocycles. The van der Waals surface area contributed by atoms with Crippen molar-refractivity contribution in [2.24, 2.45) is 0 Å². The van der Waals surface area contributed by atoms with Crippen LogP contribution in [0.25, 0.3) is 5.69 Å². The Morgan fingerprint density at radius 3 is 2.61 bits per heavy atom. The van der Waals surface area contributed by atoms with Gasteiger partial charge < -0.3 is 10.0 Å². The first-order chi connectivity index (χ1) is 10.9. The summed E-state index contributed by atoms with van der Waals surface area (Å²) >= 11 is 0. The van der Waals surface area contributed by atoms with E-state index in [0.29, 0.717) is 30.6 Å². The number of rotatable bonds is 3. The first-order valence-electron chi connectivity index (χ1n) is 7.46. The van der Waals surface area contributed by atoms with Gasteiger partial charge in [0.15, 0.2) is 0 Å². The maximum atomic E-state index is 13.0. The number of aromatic nitrogens is 3. The van der Waals surface area contributed by atoms with Crippen molar-refractivity contribution in [3.05, 3.63) is 41.7 Å². The lowest BCUT2D eigenvalue weighted by Gasteiger charge is -2.31. The van der Waals surface area contributed by atoms with Crippen molar-refractivity contribution in [1.82, 2.24) is 19.9 Å². The maximum absolute atomic E-state index is 13.0. The van der Waals surface area contributed by atoms with Gasteiger partial charge in [0, 0.05) is 6.54 Å². The number of benzene rings is 1. The molecule has 0 bridgehead atoms. The number of likely N-dealkylation sites (tertiary alicyclic amines) is 1. The van der Waals surface area contributed by atoms with Gasteiger partial charge in [-0.3, -0.25) is 4.79 Å². The number of nitrogens with zero attached hydrogens (tertiary/aromatic N) is 4. The van der Waals surface area contributed by atoms with Crippen LogP contribution < -0.4 is 0 Å². The van der Waals surface area contributed by atoms with Crippen LogP contribution in [0.2, 0.25) is 0 Å². The molecule has 23 heavy (non-hydrogen) atoms. The Hall–Kier alpha value is -2.70. The van der Waals surface area contributed by atoms with E-state index in [9.17, 15) is 14.7 Å². The lowest BCUT2D eigenvalue weighted by Crippen LogP contribution is -2.51. The fourth-order valence-corrected chi connectivity index (χ4v) is 2.99. The fraction of sp³-hybridized carbons (Fsp3) is 0.375. The van der Waals surface area contributed by atoms with E-state index >= 15 is 0 Å². The summed E-state index contributed by atoms with van der Waals surface area (Å²) in [5.41, 5.74) is 0.705. The number of hydrogen-bond donors (Lipinski definition) is 1. The van der Waals surface area contributed by atoms with Crippen LogP contribution in [0.4, 0.5) is 0 Å². The first-order valence-corrected chi connectivity index (χ1v) is 7.46. The summed E-state index contributed by atoms with van der Waals surface area (Å²) in [6.07, 6.45) is 4.20. The molecule has 1 atom stereocenters. The molecule has 1 aliphatic heterocycles. The average Bonchev–Trinajstić information content (AvgIpc) is 3.16. The van der Waals surface area contributed by atoms with Crippen molar-refractivity contribution in [2.45, 2.75) is 32.2 Å². The Morgan fingerprint density at radius 2 is 1.96 bits per heavy atom. The highest BCUT2D eigenvalue weighted by Crippen LogP contribution is 2.32. The molecule has 1 unspecified atom stereocenters. The molecule has 7 nitrogen and oxygen atoms in total. The highest BCUT2D eigenvalue weighted by atomic mass is 16.4. The molecule has 2 heterocycles. The molecule has 7 heteroatoms. The van der Waals surface area contributed by atoms with E-state index in [1.807, 2.05) is 13.0 Å². The number of aliphatic carboxylic acids is 1. The van der Waals surface area contributed by atoms with Gasteiger partial charge in [-0.2, -0.15) is 15.0 Å². The molecule has 1 fully saturated rings. The van der Waals surface area contributed by atoms with Gasteiger partial charge in [0.2, 0.25) is 0 Å². The Morgan fingerprint density at radius 1 is 1.26 bits per heavy atom. The fourth-order valence-electron chi connectivity index (χ4n) is 2.99. The van der Waals surface area contributed by atoms with Crippen LogP contribution in [0.3, 0.4) is 0 Å². The average molecular weight is 314 g/mol. The maximum Gasteiger partial charge on any atom is 0.329 e. The van der Waals surface area contributed by atoms with E-state index in [1.54, 1.807) is 19.1 Å². The van der Waals surface area contributed by atoms with Crippen molar-refractivity contribution >= 4 is 11.9 Å². The first kappa shape index (κ1) is 15.2. The highest BCUT2D eigenvalue weighted by Gasteiger charge is 2.46. The minimum absolute atomic E-state index is 0.302. The van der Waals surface area contributed by atoms with Crippen LogP contribution in [-0.2, 0) is 4.79 Å². The topological polar surface area (TPSA) is 88.3 Å². The van der Waals surface area contributed by atoms with E-state index in [2.05, 4.69) is 10.2 Å². The number of carboxylic acid groups (broad SMARTS) is 1. The largest absolute Gasteiger partial charge is 0.480 e. The van der Waals surface area contributed by atoms with Gasteiger partial charge in [0.05, 0.1) is 23.6 Å². The van der Waals surface area contributed by atoms with Crippen molar-refractivity contribution in [2.75, 3.05) is 6.54 Å². The number of carbonyl (C=O) groups excluding carboxylic acids is 1. The summed E-state index contributed by atoms with van der Waals surface area (Å²) in [4.78, 5) is 27.5. The summed E-state index contributed by atoms with van der Waals surface area (Å²) in [6, 6.07) is 5.40. The second-order valence-corrected chi connectivity index (χ2v) is 5.98. The van der Waals surface area contributed by atoms with Gasteiger partial charge >= 0.3 is 5.97 Å². The molecular weight excluding hydrogens is 296 g/mol. The smallest absolute Gasteiger partial charge is 0.329 e. The van der Waals surface area contributed by atoms with Crippen molar-refractivity contribution in [3.8, 4) is 5.69 Å². The van der Waals surface area contributed by atoms with Crippen LogP contribution in [0, 0.1) is 6.92 Å². The third-order valence-corrected chi connectivity index (χ3v) is 4.36. The van der Waals surface area contributed by atoms with E-state index < -0.39 is 11.5 Å². The number of carbonyl (C=O) groups is 2. The molecule has 2 aromatic rings. The minimum Gasteiger partial charge on any atom is -0.480 e. The number of carboxylic acids is 1. The Kier molecular flexibility index (Phi) is 3.63. The predicted molar refractivity (Wildman–Crippen MR) is 82.4 cm³/mol. The van der Waals surface area contributed by atoms with Gasteiger partial charge in [0.25, 0.3) is 5.91 Å².